The number of carbonyl (C=O) groups excluding carboxylic acids is 2. The summed E-state index contributed by atoms with van der Waals surface area (Å²) < 4.78 is 17.7. The largest absolute Gasteiger partial charge is 0.454 e. The molecule has 1 aliphatic heterocycles. The second-order valence-corrected chi connectivity index (χ2v) is 23.9. The minimum Gasteiger partial charge on any atom is -0.454 e. The van der Waals surface area contributed by atoms with Crippen molar-refractivity contribution in [3.8, 4) is 0 Å². The van der Waals surface area contributed by atoms with Crippen LogP contribution in [0.3, 0.4) is 0 Å². The highest BCUT2D eigenvalue weighted by Crippen LogP contribution is 2.26. The molecule has 11 nitrogen and oxygen atoms in total. The zero-order chi connectivity index (χ0) is 59.6. The van der Waals surface area contributed by atoms with Crippen molar-refractivity contribution in [2.75, 3.05) is 13.2 Å². The van der Waals surface area contributed by atoms with Gasteiger partial charge in [0.05, 0.1) is 25.4 Å². The molecule has 1 rings (SSSR count). The van der Waals surface area contributed by atoms with E-state index in [0.717, 1.165) is 83.5 Å². The average molecular weight is 1160 g/mol. The van der Waals surface area contributed by atoms with Crippen molar-refractivity contribution in [2.24, 2.45) is 0 Å². The Morgan fingerprint density at radius 2 is 0.841 bits per heavy atom. The molecule has 11 heteroatoms. The second-order valence-electron chi connectivity index (χ2n) is 23.9. The predicted molar refractivity (Wildman–Crippen MR) is 343 cm³/mol. The maximum atomic E-state index is 13.5. The van der Waals surface area contributed by atoms with Crippen molar-refractivity contribution in [3.05, 3.63) is 60.8 Å². The highest BCUT2D eigenvalue weighted by Gasteiger charge is 2.47. The van der Waals surface area contributed by atoms with Crippen molar-refractivity contribution in [1.29, 1.82) is 0 Å². The van der Waals surface area contributed by atoms with Crippen LogP contribution in [0, 0.1) is 0 Å². The number of aliphatic hydroxyl groups is 5. The number of nitrogens with one attached hydrogen (secondary N) is 1. The maximum Gasteiger partial charge on any atom is 0.306 e. The number of ether oxygens (including phenoxy) is 3. The van der Waals surface area contributed by atoms with Crippen LogP contribution in [0.2, 0.25) is 0 Å². The molecule has 0 aromatic heterocycles. The fourth-order valence-electron chi connectivity index (χ4n) is 10.7. The van der Waals surface area contributed by atoms with E-state index in [9.17, 15) is 35.1 Å². The third-order valence-electron chi connectivity index (χ3n) is 16.1. The summed E-state index contributed by atoms with van der Waals surface area (Å²) in [6, 6.07) is -1.03. The Labute approximate surface area is 503 Å². The van der Waals surface area contributed by atoms with E-state index in [1.165, 1.54) is 186 Å². The Morgan fingerprint density at radius 3 is 1.27 bits per heavy atom. The highest BCUT2D eigenvalue weighted by atomic mass is 16.7. The molecule has 82 heavy (non-hydrogen) atoms. The number of amides is 1. The first-order valence-corrected chi connectivity index (χ1v) is 34.6. The van der Waals surface area contributed by atoms with Crippen molar-refractivity contribution in [3.63, 3.8) is 0 Å². The Balaban J connectivity index is 2.59. The molecule has 0 radical (unpaired) electrons. The number of allylic oxidation sites excluding steroid dienone is 9. The van der Waals surface area contributed by atoms with Gasteiger partial charge >= 0.3 is 5.97 Å². The molecule has 8 atom stereocenters. The summed E-state index contributed by atoms with van der Waals surface area (Å²) in [6.07, 6.45) is 64.0. The van der Waals surface area contributed by atoms with Crippen LogP contribution in [0.5, 0.6) is 0 Å². The standard InChI is InChI=1S/C71H129NO10/c1-4-7-10-13-16-19-22-25-27-29-30-31-32-33-34-35-37-38-40-43-46-49-52-55-58-64(75)70(79)72-62(63(74)57-54-51-48-45-42-24-21-18-15-12-9-6-3)61-80-71-69(68(78)67(77)65(60-73)81-71)82-66(76)59-56-53-50-47-44-41-39-36-28-26-23-20-17-14-11-8-5-2/h16-17,19-20,25-28,54,57,62-65,67-69,71,73-75,77-78H,4-15,18,21-24,29-53,55-56,58-61H2,1-3H3,(H,72,79)/b19-16-,20-17-,27-25-,28-26-,57-54+. The minimum atomic E-state index is -1.62. The Bertz CT molecular complexity index is 1560. The fraction of sp³-hybridized carbons (Fsp3) is 0.831. The summed E-state index contributed by atoms with van der Waals surface area (Å²) in [5, 5.41) is 57.2. The van der Waals surface area contributed by atoms with Crippen LogP contribution in [0.15, 0.2) is 60.8 Å². The molecule has 8 unspecified atom stereocenters. The zero-order valence-corrected chi connectivity index (χ0v) is 53.1. The van der Waals surface area contributed by atoms with Crippen molar-refractivity contribution < 1.29 is 49.3 Å². The zero-order valence-electron chi connectivity index (χ0n) is 53.1. The molecule has 1 aliphatic rings. The third-order valence-corrected chi connectivity index (χ3v) is 16.1. The lowest BCUT2D eigenvalue weighted by Gasteiger charge is -2.41. The van der Waals surface area contributed by atoms with E-state index in [0.29, 0.717) is 19.3 Å². The van der Waals surface area contributed by atoms with Gasteiger partial charge in [-0.2, -0.15) is 0 Å². The number of esters is 1. The first kappa shape index (κ1) is 77.4. The lowest BCUT2D eigenvalue weighted by atomic mass is 9.99. The first-order valence-electron chi connectivity index (χ1n) is 34.6. The van der Waals surface area contributed by atoms with E-state index in [2.05, 4.69) is 74.7 Å². The molecule has 1 saturated heterocycles. The Kier molecular flexibility index (Phi) is 55.4. The quantitative estimate of drug-likeness (QED) is 0.0195. The number of hydrogen-bond acceptors (Lipinski definition) is 10. The van der Waals surface area contributed by atoms with Crippen LogP contribution in [0.4, 0.5) is 0 Å². The molecule has 0 aliphatic carbocycles. The molecule has 0 bridgehead atoms. The van der Waals surface area contributed by atoms with Gasteiger partial charge in [0, 0.05) is 6.42 Å². The van der Waals surface area contributed by atoms with Crippen LogP contribution >= 0.6 is 0 Å². The molecule has 478 valence electrons. The van der Waals surface area contributed by atoms with Crippen LogP contribution in [-0.2, 0) is 23.8 Å². The van der Waals surface area contributed by atoms with Gasteiger partial charge in [-0.3, -0.25) is 9.59 Å². The second kappa shape index (κ2) is 58.7. The average Bonchev–Trinajstić information content (AvgIpc) is 3.68. The highest BCUT2D eigenvalue weighted by molar-refractivity contribution is 5.80. The lowest BCUT2D eigenvalue weighted by Crippen LogP contribution is -2.61. The van der Waals surface area contributed by atoms with E-state index < -0.39 is 67.4 Å². The Morgan fingerprint density at radius 1 is 0.476 bits per heavy atom. The van der Waals surface area contributed by atoms with Gasteiger partial charge in [0.25, 0.3) is 0 Å². The molecule has 0 aromatic rings. The summed E-state index contributed by atoms with van der Waals surface area (Å²) in [7, 11) is 0. The minimum absolute atomic E-state index is 0.115. The van der Waals surface area contributed by atoms with Gasteiger partial charge < -0.3 is 45.1 Å². The molecule has 0 aromatic carbocycles. The van der Waals surface area contributed by atoms with Crippen LogP contribution in [0.1, 0.15) is 316 Å². The molecule has 1 heterocycles. The maximum absolute atomic E-state index is 13.5. The van der Waals surface area contributed by atoms with Crippen molar-refractivity contribution in [2.45, 2.75) is 365 Å². The molecule has 1 amide bonds. The van der Waals surface area contributed by atoms with Gasteiger partial charge in [0.15, 0.2) is 12.4 Å². The van der Waals surface area contributed by atoms with E-state index in [1.807, 2.05) is 6.08 Å². The molecule has 1 fully saturated rings. The molecular formula is C71H129NO10. The summed E-state index contributed by atoms with van der Waals surface area (Å²) in [5.74, 6) is -1.19. The SMILES string of the molecule is CCCCC/C=C\C/C=C\CCCCCCCCCCCCCCCCC(O)C(=O)NC(COC1OC(CO)C(O)C(O)C1OC(=O)CCCCCCCCC/C=C\C/C=C\CCCCC)C(O)/C=C/CCCCCCCCCCCC. The summed E-state index contributed by atoms with van der Waals surface area (Å²) in [6.45, 7) is 5.76. The van der Waals surface area contributed by atoms with Crippen LogP contribution in [0.25, 0.3) is 0 Å². The van der Waals surface area contributed by atoms with Gasteiger partial charge in [-0.25, -0.2) is 0 Å². The van der Waals surface area contributed by atoms with Crippen molar-refractivity contribution in [1.82, 2.24) is 5.32 Å². The molecule has 6 N–H and O–H groups in total. The number of carbonyl (C=O) groups is 2. The van der Waals surface area contributed by atoms with Crippen molar-refractivity contribution >= 4 is 11.9 Å². The molecule has 0 spiro atoms. The number of unbranched alkanes of at least 4 members (excludes halogenated alkanes) is 37. The monoisotopic (exact) mass is 1160 g/mol. The summed E-state index contributed by atoms with van der Waals surface area (Å²) >= 11 is 0. The topological polar surface area (TPSA) is 175 Å². The first-order chi connectivity index (χ1) is 40.2. The summed E-state index contributed by atoms with van der Waals surface area (Å²) in [4.78, 5) is 26.6. The number of aliphatic hydroxyl groups excluding tert-OH is 5. The van der Waals surface area contributed by atoms with E-state index >= 15 is 0 Å². The number of hydrogen-bond donors (Lipinski definition) is 6. The van der Waals surface area contributed by atoms with E-state index in [1.54, 1.807) is 6.08 Å². The van der Waals surface area contributed by atoms with Gasteiger partial charge in [0.2, 0.25) is 5.91 Å². The molecular weight excluding hydrogens is 1030 g/mol. The Hall–Kier alpha value is -2.64. The number of rotatable bonds is 59. The van der Waals surface area contributed by atoms with Crippen LogP contribution in [-0.4, -0.2) is 99.6 Å². The molecule has 0 saturated carbocycles. The summed E-state index contributed by atoms with van der Waals surface area (Å²) in [5.41, 5.74) is 0. The lowest BCUT2D eigenvalue weighted by molar-refractivity contribution is -0.305. The van der Waals surface area contributed by atoms with Gasteiger partial charge in [-0.05, 0) is 89.9 Å². The smallest absolute Gasteiger partial charge is 0.306 e. The van der Waals surface area contributed by atoms with Gasteiger partial charge in [0.1, 0.15) is 24.4 Å². The van der Waals surface area contributed by atoms with Crippen LogP contribution < -0.4 is 5.32 Å². The van der Waals surface area contributed by atoms with E-state index in [-0.39, 0.29) is 13.0 Å². The fourth-order valence-corrected chi connectivity index (χ4v) is 10.7. The predicted octanol–water partition coefficient (Wildman–Crippen LogP) is 17.3. The third kappa shape index (κ3) is 45.7. The van der Waals surface area contributed by atoms with E-state index in [4.69, 9.17) is 14.2 Å². The normalized spacial score (nSPS) is 19.0. The van der Waals surface area contributed by atoms with Gasteiger partial charge in [-0.1, -0.05) is 281 Å². The van der Waals surface area contributed by atoms with Gasteiger partial charge in [-0.15, -0.1) is 0 Å².